The van der Waals surface area contributed by atoms with Gasteiger partial charge in [0.1, 0.15) is 5.75 Å². The van der Waals surface area contributed by atoms with Crippen molar-refractivity contribution in [3.05, 3.63) is 71.8 Å². The average Bonchev–Trinajstić information content (AvgIpc) is 2.54. The fourth-order valence-corrected chi connectivity index (χ4v) is 3.05. The summed E-state index contributed by atoms with van der Waals surface area (Å²) in [7, 11) is 0. The van der Waals surface area contributed by atoms with E-state index in [2.05, 4.69) is 72.5 Å². The monoisotopic (exact) mass is 275 g/mol. The van der Waals surface area contributed by atoms with E-state index < -0.39 is 0 Å². The van der Waals surface area contributed by atoms with Crippen LogP contribution in [0.25, 0.3) is 10.8 Å². The van der Waals surface area contributed by atoms with Gasteiger partial charge in [0.15, 0.2) is 6.73 Å². The van der Waals surface area contributed by atoms with Gasteiger partial charge in [0.25, 0.3) is 0 Å². The molecule has 0 aromatic heterocycles. The van der Waals surface area contributed by atoms with Crippen molar-refractivity contribution in [3.63, 3.8) is 0 Å². The van der Waals surface area contributed by atoms with Crippen LogP contribution in [-0.2, 0) is 6.54 Å². The van der Waals surface area contributed by atoms with E-state index in [1.54, 1.807) is 0 Å². The van der Waals surface area contributed by atoms with Gasteiger partial charge in [-0.05, 0) is 23.9 Å². The van der Waals surface area contributed by atoms with Crippen molar-refractivity contribution in [3.8, 4) is 5.75 Å². The van der Waals surface area contributed by atoms with Crippen LogP contribution in [0.3, 0.4) is 0 Å². The molecular weight excluding hydrogens is 258 g/mol. The number of anilines is 1. The van der Waals surface area contributed by atoms with Gasteiger partial charge in [0, 0.05) is 23.2 Å². The summed E-state index contributed by atoms with van der Waals surface area (Å²) in [4.78, 5) is 2.28. The first kappa shape index (κ1) is 12.3. The van der Waals surface area contributed by atoms with Crippen LogP contribution >= 0.6 is 0 Å². The predicted octanol–water partition coefficient (Wildman–Crippen LogP) is 4.50. The average molecular weight is 275 g/mol. The van der Waals surface area contributed by atoms with Gasteiger partial charge in [-0.3, -0.25) is 0 Å². The summed E-state index contributed by atoms with van der Waals surface area (Å²) in [6.07, 6.45) is 0. The summed E-state index contributed by atoms with van der Waals surface area (Å²) >= 11 is 0. The Kier molecular flexibility index (Phi) is 2.81. The molecule has 21 heavy (non-hydrogen) atoms. The number of nitrogens with zero attached hydrogens (tertiary/aromatic N) is 1. The molecular formula is C19H17NO. The Bertz CT molecular complexity index is 810. The molecule has 0 atom stereocenters. The number of hydrogen-bond acceptors (Lipinski definition) is 2. The van der Waals surface area contributed by atoms with Crippen molar-refractivity contribution in [1.29, 1.82) is 0 Å². The number of hydrogen-bond donors (Lipinski definition) is 0. The molecule has 2 heteroatoms. The second-order valence-corrected chi connectivity index (χ2v) is 5.53. The molecule has 3 aromatic carbocycles. The third-order valence-corrected chi connectivity index (χ3v) is 4.14. The lowest BCUT2D eigenvalue weighted by molar-refractivity contribution is 0.293. The molecule has 0 aliphatic carbocycles. The van der Waals surface area contributed by atoms with Gasteiger partial charge in [0.2, 0.25) is 0 Å². The van der Waals surface area contributed by atoms with E-state index in [9.17, 15) is 0 Å². The third-order valence-electron chi connectivity index (χ3n) is 4.14. The van der Waals surface area contributed by atoms with Crippen LogP contribution in [0.15, 0.2) is 60.7 Å². The molecule has 1 aliphatic rings. The smallest absolute Gasteiger partial charge is 0.161 e. The fourth-order valence-electron chi connectivity index (χ4n) is 3.05. The van der Waals surface area contributed by atoms with E-state index in [0.29, 0.717) is 6.73 Å². The lowest BCUT2D eigenvalue weighted by Gasteiger charge is -2.32. The van der Waals surface area contributed by atoms with Crippen molar-refractivity contribution in [2.75, 3.05) is 11.6 Å². The number of benzene rings is 3. The number of para-hydroxylation sites is 1. The molecule has 0 spiro atoms. The highest BCUT2D eigenvalue weighted by Crippen LogP contribution is 2.35. The second-order valence-electron chi connectivity index (χ2n) is 5.53. The molecule has 0 bridgehead atoms. The number of rotatable bonds is 1. The zero-order valence-corrected chi connectivity index (χ0v) is 12.0. The van der Waals surface area contributed by atoms with Crippen LogP contribution in [0.2, 0.25) is 0 Å². The second kappa shape index (κ2) is 4.81. The first-order chi connectivity index (χ1) is 10.3. The highest BCUT2D eigenvalue weighted by molar-refractivity contribution is 5.90. The molecule has 1 heterocycles. The summed E-state index contributed by atoms with van der Waals surface area (Å²) < 4.78 is 6.08. The van der Waals surface area contributed by atoms with E-state index in [-0.39, 0.29) is 0 Å². The Morgan fingerprint density at radius 2 is 1.71 bits per heavy atom. The van der Waals surface area contributed by atoms with Crippen LogP contribution in [0.1, 0.15) is 11.1 Å². The van der Waals surface area contributed by atoms with Gasteiger partial charge in [0.05, 0.1) is 0 Å². The van der Waals surface area contributed by atoms with E-state index in [1.165, 1.54) is 27.6 Å². The van der Waals surface area contributed by atoms with Crippen molar-refractivity contribution in [2.24, 2.45) is 0 Å². The maximum atomic E-state index is 6.08. The Labute approximate surface area is 124 Å². The molecule has 3 aromatic rings. The first-order valence-corrected chi connectivity index (χ1v) is 7.27. The third kappa shape index (κ3) is 2.04. The summed E-state index contributed by atoms with van der Waals surface area (Å²) in [5.41, 5.74) is 3.78. The lowest BCUT2D eigenvalue weighted by Crippen LogP contribution is -2.32. The molecule has 0 amide bonds. The van der Waals surface area contributed by atoms with Crippen LogP contribution < -0.4 is 9.64 Å². The standard InChI is InChI=1S/C19H17NO/c1-14-6-2-5-9-18(14)20-12-16-11-10-15-7-3-4-8-17(15)19(16)21-13-20/h2-11H,12-13H2,1H3. The van der Waals surface area contributed by atoms with Crippen LogP contribution in [0, 0.1) is 6.92 Å². The molecule has 0 radical (unpaired) electrons. The Morgan fingerprint density at radius 1 is 0.905 bits per heavy atom. The molecule has 104 valence electrons. The Morgan fingerprint density at radius 3 is 2.62 bits per heavy atom. The SMILES string of the molecule is Cc1ccccc1N1COc2c(ccc3ccccc23)C1. The van der Waals surface area contributed by atoms with Gasteiger partial charge in [-0.2, -0.15) is 0 Å². The molecule has 0 saturated carbocycles. The topological polar surface area (TPSA) is 12.5 Å². The highest BCUT2D eigenvalue weighted by atomic mass is 16.5. The van der Waals surface area contributed by atoms with Gasteiger partial charge < -0.3 is 9.64 Å². The van der Waals surface area contributed by atoms with E-state index in [4.69, 9.17) is 4.74 Å². The normalized spacial score (nSPS) is 13.9. The molecule has 0 saturated heterocycles. The zero-order chi connectivity index (χ0) is 14.2. The van der Waals surface area contributed by atoms with E-state index in [0.717, 1.165) is 12.3 Å². The Hall–Kier alpha value is -2.48. The zero-order valence-electron chi connectivity index (χ0n) is 12.0. The lowest BCUT2D eigenvalue weighted by atomic mass is 10.0. The summed E-state index contributed by atoms with van der Waals surface area (Å²) in [6, 6.07) is 21.2. The fraction of sp³-hybridized carbons (Fsp3) is 0.158. The molecule has 0 unspecified atom stereocenters. The summed E-state index contributed by atoms with van der Waals surface area (Å²) in [5.74, 6) is 1.04. The van der Waals surface area contributed by atoms with Gasteiger partial charge in [-0.1, -0.05) is 54.6 Å². The number of fused-ring (bicyclic) bond motifs is 3. The maximum Gasteiger partial charge on any atom is 0.161 e. The van der Waals surface area contributed by atoms with Crippen LogP contribution in [0.5, 0.6) is 5.75 Å². The van der Waals surface area contributed by atoms with Gasteiger partial charge in [-0.25, -0.2) is 0 Å². The van der Waals surface area contributed by atoms with Crippen molar-refractivity contribution in [1.82, 2.24) is 0 Å². The quantitative estimate of drug-likeness (QED) is 0.648. The maximum absolute atomic E-state index is 6.08. The minimum Gasteiger partial charge on any atom is -0.472 e. The molecule has 0 N–H and O–H groups in total. The minimum atomic E-state index is 0.603. The molecule has 4 rings (SSSR count). The van der Waals surface area contributed by atoms with E-state index >= 15 is 0 Å². The number of aryl methyl sites for hydroxylation is 1. The minimum absolute atomic E-state index is 0.603. The Balaban J connectivity index is 1.76. The predicted molar refractivity (Wildman–Crippen MR) is 86.8 cm³/mol. The molecule has 0 fully saturated rings. The van der Waals surface area contributed by atoms with Crippen LogP contribution in [-0.4, -0.2) is 6.73 Å². The van der Waals surface area contributed by atoms with E-state index in [1.807, 2.05) is 0 Å². The van der Waals surface area contributed by atoms with Crippen LogP contribution in [0.4, 0.5) is 5.69 Å². The highest BCUT2D eigenvalue weighted by Gasteiger charge is 2.20. The van der Waals surface area contributed by atoms with Gasteiger partial charge in [-0.15, -0.1) is 0 Å². The summed E-state index contributed by atoms with van der Waals surface area (Å²) in [6.45, 7) is 3.64. The van der Waals surface area contributed by atoms with Crippen molar-refractivity contribution in [2.45, 2.75) is 13.5 Å². The summed E-state index contributed by atoms with van der Waals surface area (Å²) in [5, 5.41) is 2.44. The first-order valence-electron chi connectivity index (χ1n) is 7.27. The van der Waals surface area contributed by atoms with Crippen molar-refractivity contribution >= 4 is 16.5 Å². The molecule has 2 nitrogen and oxygen atoms in total. The molecule has 1 aliphatic heterocycles. The van der Waals surface area contributed by atoms with Crippen molar-refractivity contribution < 1.29 is 4.74 Å². The van der Waals surface area contributed by atoms with Gasteiger partial charge >= 0.3 is 0 Å². The largest absolute Gasteiger partial charge is 0.472 e. The number of ether oxygens (including phenoxy) is 1.